The number of hydrogen-bond donors (Lipinski definition) is 0. The van der Waals surface area contributed by atoms with Gasteiger partial charge in [-0.05, 0) is 69.6 Å². The summed E-state index contributed by atoms with van der Waals surface area (Å²) in [6.07, 6.45) is 6.20. The summed E-state index contributed by atoms with van der Waals surface area (Å²) < 4.78 is 2.38. The van der Waals surface area contributed by atoms with Gasteiger partial charge in [-0.2, -0.15) is 0 Å². The summed E-state index contributed by atoms with van der Waals surface area (Å²) in [5, 5.41) is 0.740. The van der Waals surface area contributed by atoms with Gasteiger partial charge in [-0.25, -0.2) is 4.98 Å². The molecule has 2 aromatic carbocycles. The molecule has 3 rings (SSSR count). The Balaban J connectivity index is 1.83. The summed E-state index contributed by atoms with van der Waals surface area (Å²) in [6, 6.07) is 14.6. The lowest BCUT2D eigenvalue weighted by Crippen LogP contribution is -2.28. The van der Waals surface area contributed by atoms with Crippen molar-refractivity contribution in [2.75, 3.05) is 19.6 Å². The quantitative estimate of drug-likeness (QED) is 0.340. The minimum absolute atomic E-state index is 0.740. The molecule has 3 aromatic rings. The molecule has 1 heterocycles. The van der Waals surface area contributed by atoms with Crippen LogP contribution >= 0.6 is 11.6 Å². The SMILES string of the molecule is CCCCN(CCCC)CCCn1c(-c2ccccc2C)nc2cc(Cl)ccc21. The average Bonchev–Trinajstić information content (AvgIpc) is 3.07. The predicted molar refractivity (Wildman–Crippen MR) is 126 cm³/mol. The van der Waals surface area contributed by atoms with E-state index in [-0.39, 0.29) is 0 Å². The topological polar surface area (TPSA) is 21.1 Å². The number of benzene rings is 2. The van der Waals surface area contributed by atoms with Crippen LogP contribution in [0.5, 0.6) is 0 Å². The number of nitrogens with zero attached hydrogens (tertiary/aromatic N) is 3. The van der Waals surface area contributed by atoms with Crippen LogP contribution in [-0.2, 0) is 6.54 Å². The highest BCUT2D eigenvalue weighted by atomic mass is 35.5. The van der Waals surface area contributed by atoms with E-state index in [2.05, 4.69) is 60.6 Å². The molecule has 0 spiro atoms. The van der Waals surface area contributed by atoms with E-state index in [1.165, 1.54) is 55.4 Å². The number of unbranched alkanes of at least 4 members (excludes halogenated alkanes) is 2. The van der Waals surface area contributed by atoms with Crippen molar-refractivity contribution < 1.29 is 0 Å². The van der Waals surface area contributed by atoms with Gasteiger partial charge in [-0.3, -0.25) is 0 Å². The van der Waals surface area contributed by atoms with E-state index >= 15 is 0 Å². The summed E-state index contributed by atoms with van der Waals surface area (Å²) in [4.78, 5) is 7.60. The summed E-state index contributed by atoms with van der Waals surface area (Å²) in [5.41, 5.74) is 4.60. The number of imidazole rings is 1. The van der Waals surface area contributed by atoms with E-state index < -0.39 is 0 Å². The van der Waals surface area contributed by atoms with Gasteiger partial charge < -0.3 is 9.47 Å². The highest BCUT2D eigenvalue weighted by Crippen LogP contribution is 2.29. The molecule has 0 aliphatic rings. The summed E-state index contributed by atoms with van der Waals surface area (Å²) in [5.74, 6) is 1.05. The maximum Gasteiger partial charge on any atom is 0.141 e. The second-order valence-corrected chi connectivity index (χ2v) is 8.37. The number of halogens is 1. The maximum atomic E-state index is 6.24. The third-order valence-electron chi connectivity index (χ3n) is 5.61. The number of aryl methyl sites for hydroxylation is 2. The number of aromatic nitrogens is 2. The Labute approximate surface area is 180 Å². The molecule has 3 nitrogen and oxygen atoms in total. The maximum absolute atomic E-state index is 6.24. The first-order valence-electron chi connectivity index (χ1n) is 11.1. The third-order valence-corrected chi connectivity index (χ3v) is 5.84. The predicted octanol–water partition coefficient (Wildman–Crippen LogP) is 6.96. The molecular formula is C25H34ClN3. The van der Waals surface area contributed by atoms with E-state index in [0.717, 1.165) is 35.9 Å². The van der Waals surface area contributed by atoms with Crippen LogP contribution in [-0.4, -0.2) is 34.1 Å². The first-order chi connectivity index (χ1) is 14.1. The second kappa shape index (κ2) is 10.8. The van der Waals surface area contributed by atoms with Gasteiger partial charge in [-0.1, -0.05) is 62.6 Å². The third kappa shape index (κ3) is 5.61. The van der Waals surface area contributed by atoms with Crippen LogP contribution in [0.3, 0.4) is 0 Å². The highest BCUT2D eigenvalue weighted by Gasteiger charge is 2.15. The zero-order chi connectivity index (χ0) is 20.6. The molecule has 0 aliphatic carbocycles. The molecule has 0 N–H and O–H groups in total. The average molecular weight is 412 g/mol. The Morgan fingerprint density at radius 1 is 0.931 bits per heavy atom. The zero-order valence-corrected chi connectivity index (χ0v) is 18.9. The van der Waals surface area contributed by atoms with Gasteiger partial charge in [0.05, 0.1) is 11.0 Å². The Hall–Kier alpha value is -1.84. The van der Waals surface area contributed by atoms with Crippen molar-refractivity contribution in [3.8, 4) is 11.4 Å². The molecule has 0 atom stereocenters. The number of rotatable bonds is 11. The van der Waals surface area contributed by atoms with Crippen LogP contribution < -0.4 is 0 Å². The molecule has 0 radical (unpaired) electrons. The lowest BCUT2D eigenvalue weighted by Gasteiger charge is -2.22. The Bertz CT molecular complexity index is 908. The fourth-order valence-corrected chi connectivity index (χ4v) is 4.08. The molecule has 0 unspecified atom stereocenters. The Morgan fingerprint density at radius 3 is 2.31 bits per heavy atom. The van der Waals surface area contributed by atoms with Gasteiger partial charge in [0.15, 0.2) is 0 Å². The van der Waals surface area contributed by atoms with Gasteiger partial charge in [0, 0.05) is 17.1 Å². The van der Waals surface area contributed by atoms with Crippen molar-refractivity contribution >= 4 is 22.6 Å². The molecule has 0 fully saturated rings. The fourth-order valence-electron chi connectivity index (χ4n) is 3.91. The molecule has 0 saturated carbocycles. The van der Waals surface area contributed by atoms with Crippen molar-refractivity contribution in [2.24, 2.45) is 0 Å². The number of hydrogen-bond acceptors (Lipinski definition) is 2. The van der Waals surface area contributed by atoms with Gasteiger partial charge in [0.1, 0.15) is 5.82 Å². The van der Waals surface area contributed by atoms with Crippen molar-refractivity contribution in [3.05, 3.63) is 53.1 Å². The molecule has 0 amide bonds. The Morgan fingerprint density at radius 2 is 1.62 bits per heavy atom. The van der Waals surface area contributed by atoms with Crippen LogP contribution in [0, 0.1) is 6.92 Å². The van der Waals surface area contributed by atoms with Crippen LogP contribution in [0.2, 0.25) is 5.02 Å². The van der Waals surface area contributed by atoms with Crippen LogP contribution in [0.4, 0.5) is 0 Å². The van der Waals surface area contributed by atoms with Crippen molar-refractivity contribution in [1.82, 2.24) is 14.5 Å². The Kier molecular flexibility index (Phi) is 8.14. The van der Waals surface area contributed by atoms with E-state index in [1.807, 2.05) is 12.1 Å². The summed E-state index contributed by atoms with van der Waals surface area (Å²) in [6.45, 7) is 11.2. The van der Waals surface area contributed by atoms with E-state index in [1.54, 1.807) is 0 Å². The first kappa shape index (κ1) is 21.9. The van der Waals surface area contributed by atoms with Crippen molar-refractivity contribution in [2.45, 2.75) is 59.4 Å². The normalized spacial score (nSPS) is 11.6. The molecule has 1 aromatic heterocycles. The van der Waals surface area contributed by atoms with E-state index in [0.29, 0.717) is 0 Å². The minimum atomic E-state index is 0.740. The van der Waals surface area contributed by atoms with Crippen LogP contribution in [0.1, 0.15) is 51.5 Å². The molecule has 0 saturated heterocycles. The van der Waals surface area contributed by atoms with E-state index in [4.69, 9.17) is 16.6 Å². The van der Waals surface area contributed by atoms with Crippen molar-refractivity contribution in [1.29, 1.82) is 0 Å². The second-order valence-electron chi connectivity index (χ2n) is 7.94. The van der Waals surface area contributed by atoms with Gasteiger partial charge in [0.25, 0.3) is 0 Å². The van der Waals surface area contributed by atoms with Gasteiger partial charge in [-0.15, -0.1) is 0 Å². The number of fused-ring (bicyclic) bond motifs is 1. The van der Waals surface area contributed by atoms with Gasteiger partial charge in [0.2, 0.25) is 0 Å². The first-order valence-corrected chi connectivity index (χ1v) is 11.5. The fraction of sp³-hybridized carbons (Fsp3) is 0.480. The monoisotopic (exact) mass is 411 g/mol. The van der Waals surface area contributed by atoms with Crippen LogP contribution in [0.15, 0.2) is 42.5 Å². The van der Waals surface area contributed by atoms with E-state index in [9.17, 15) is 0 Å². The lowest BCUT2D eigenvalue weighted by molar-refractivity contribution is 0.258. The molecule has 0 aliphatic heterocycles. The lowest BCUT2D eigenvalue weighted by atomic mass is 10.1. The smallest absolute Gasteiger partial charge is 0.141 e. The van der Waals surface area contributed by atoms with Gasteiger partial charge >= 0.3 is 0 Å². The molecule has 4 heteroatoms. The summed E-state index contributed by atoms with van der Waals surface area (Å²) >= 11 is 6.24. The largest absolute Gasteiger partial charge is 0.324 e. The van der Waals surface area contributed by atoms with Crippen molar-refractivity contribution in [3.63, 3.8) is 0 Å². The van der Waals surface area contributed by atoms with Crippen LogP contribution in [0.25, 0.3) is 22.4 Å². The molecular weight excluding hydrogens is 378 g/mol. The standard InChI is InChI=1S/C25H34ClN3/c1-4-6-15-28(16-7-5-2)17-10-18-29-24-14-13-21(26)19-23(24)27-25(29)22-12-9-8-11-20(22)3/h8-9,11-14,19H,4-7,10,15-18H2,1-3H3. The minimum Gasteiger partial charge on any atom is -0.324 e. The zero-order valence-electron chi connectivity index (χ0n) is 18.1. The highest BCUT2D eigenvalue weighted by molar-refractivity contribution is 6.31. The molecule has 0 bridgehead atoms. The molecule has 29 heavy (non-hydrogen) atoms. The molecule has 156 valence electrons. The summed E-state index contributed by atoms with van der Waals surface area (Å²) in [7, 11) is 0.